The summed E-state index contributed by atoms with van der Waals surface area (Å²) in [6.07, 6.45) is 3.14. The lowest BCUT2D eigenvalue weighted by atomic mass is 9.98. The van der Waals surface area contributed by atoms with Crippen LogP contribution in [0.15, 0.2) is 91.5 Å². The van der Waals surface area contributed by atoms with Gasteiger partial charge in [-0.1, -0.05) is 105 Å². The number of unbranched alkanes of at least 4 members (excludes halogenated alkanes) is 3. The van der Waals surface area contributed by atoms with Gasteiger partial charge in [-0.25, -0.2) is 9.59 Å². The molecule has 0 aliphatic heterocycles. The molecule has 3 aromatic rings. The number of alkyl carbamates (subject to hydrolysis) is 1. The molecule has 8 amide bonds. The Labute approximate surface area is 463 Å². The molecule has 430 valence electrons. The molecule has 1 aliphatic rings. The fourth-order valence-electron chi connectivity index (χ4n) is 9.21. The summed E-state index contributed by atoms with van der Waals surface area (Å²) in [5, 5.41) is 19.2. The summed E-state index contributed by atoms with van der Waals surface area (Å²) in [5.74, 6) is -5.75. The van der Waals surface area contributed by atoms with Crippen molar-refractivity contribution in [2.75, 3.05) is 32.8 Å². The molecule has 0 spiro atoms. The van der Waals surface area contributed by atoms with Crippen LogP contribution >= 0.6 is 0 Å². The third-order valence-corrected chi connectivity index (χ3v) is 13.3. The van der Waals surface area contributed by atoms with Crippen LogP contribution in [-0.2, 0) is 54.3 Å². The topological polar surface area (TPSA) is 334 Å². The summed E-state index contributed by atoms with van der Waals surface area (Å²) in [5.41, 5.74) is 21.8. The molecule has 4 rings (SSSR count). The molecular formula is C58H82N10O11. The molecule has 0 saturated heterocycles. The van der Waals surface area contributed by atoms with Crippen molar-refractivity contribution >= 4 is 53.4 Å². The van der Waals surface area contributed by atoms with E-state index in [0.29, 0.717) is 57.2 Å². The third-order valence-electron chi connectivity index (χ3n) is 13.3. The maximum Gasteiger partial charge on any atom is 0.407 e. The van der Waals surface area contributed by atoms with Gasteiger partial charge in [0.2, 0.25) is 41.4 Å². The van der Waals surface area contributed by atoms with E-state index in [1.165, 1.54) is 13.0 Å². The molecule has 1 aliphatic carbocycles. The van der Waals surface area contributed by atoms with E-state index in [1.54, 1.807) is 30.3 Å². The highest BCUT2D eigenvalue weighted by Gasteiger charge is 2.35. The van der Waals surface area contributed by atoms with Gasteiger partial charge in [0.15, 0.2) is 0 Å². The van der Waals surface area contributed by atoms with Gasteiger partial charge >= 0.3 is 12.1 Å². The molecule has 3 aromatic carbocycles. The molecule has 21 nitrogen and oxygen atoms in total. The van der Waals surface area contributed by atoms with Crippen molar-refractivity contribution in [2.24, 2.45) is 23.1 Å². The second-order valence-corrected chi connectivity index (χ2v) is 20.1. The van der Waals surface area contributed by atoms with Crippen molar-refractivity contribution < 1.29 is 52.6 Å². The molecular weight excluding hydrogens is 1010 g/mol. The Morgan fingerprint density at radius 2 is 1.04 bits per heavy atom. The van der Waals surface area contributed by atoms with E-state index in [1.807, 2.05) is 62.4 Å². The third kappa shape index (κ3) is 22.0. The summed E-state index contributed by atoms with van der Waals surface area (Å²) in [6, 6.07) is 17.3. The van der Waals surface area contributed by atoms with Gasteiger partial charge in [0.05, 0.1) is 0 Å². The lowest BCUT2D eigenvalue weighted by Gasteiger charge is -2.28. The van der Waals surface area contributed by atoms with E-state index in [0.717, 1.165) is 22.3 Å². The fourth-order valence-corrected chi connectivity index (χ4v) is 9.21. The lowest BCUT2D eigenvalue weighted by molar-refractivity contribution is -0.147. The van der Waals surface area contributed by atoms with Gasteiger partial charge < -0.3 is 63.9 Å². The Morgan fingerprint density at radius 3 is 1.56 bits per heavy atom. The van der Waals surface area contributed by atoms with Gasteiger partial charge in [-0.05, 0) is 117 Å². The number of nitrogens with one attached hydrogen (secondary N) is 7. The molecule has 0 unspecified atom stereocenters. The Balaban J connectivity index is 1.57. The number of ether oxygens (including phenoxy) is 2. The number of carbonyl (C=O) groups is 9. The van der Waals surface area contributed by atoms with Gasteiger partial charge in [0, 0.05) is 32.2 Å². The standard InChI is InChI=1S/C58H82N10O11/c1-5-33-78-57(76)48(28-29-51(61)70)65-55(74)49(34-37(2)3)66-53(72)46(26-14-17-31-60)63-52(71)45(25-13-16-30-59)64-56(75)50(35-39-19-7-6-8-20-39)67-54(73)47(27-15-18-32-62-38(4)69)68-58(77)79-36-44-42-23-11-9-21-40(42)41-22-10-12-24-43(41)44/h5-12,19-24,37,44-50H,1,13-18,25-36,59-60H2,2-4H3,(H2,61,70)(H,62,69)(H,63,71)(H,64,75)(H,65,74)(H,66,72)(H,67,73)(H,68,77)/t45-,46-,47-,48-,49-,50-/m0/s1. The molecule has 0 heterocycles. The van der Waals surface area contributed by atoms with Crippen LogP contribution in [0.4, 0.5) is 4.79 Å². The number of amides is 8. The first-order chi connectivity index (χ1) is 37.9. The second kappa shape index (κ2) is 34.3. The number of esters is 1. The Morgan fingerprint density at radius 1 is 0.570 bits per heavy atom. The van der Waals surface area contributed by atoms with Crippen LogP contribution < -0.4 is 54.4 Å². The fraction of sp³-hybridized carbons (Fsp3) is 0.500. The molecule has 6 atom stereocenters. The first-order valence-electron chi connectivity index (χ1n) is 27.3. The van der Waals surface area contributed by atoms with Crippen LogP contribution in [0.1, 0.15) is 120 Å². The zero-order valence-corrected chi connectivity index (χ0v) is 45.9. The van der Waals surface area contributed by atoms with Gasteiger partial charge in [-0.3, -0.25) is 33.6 Å². The number of carbonyl (C=O) groups excluding carboxylic acids is 9. The minimum absolute atomic E-state index is 0.0123. The maximum atomic E-state index is 14.6. The largest absolute Gasteiger partial charge is 0.460 e. The van der Waals surface area contributed by atoms with E-state index in [2.05, 4.69) is 43.8 Å². The van der Waals surface area contributed by atoms with Crippen molar-refractivity contribution in [1.82, 2.24) is 37.2 Å². The van der Waals surface area contributed by atoms with E-state index in [-0.39, 0.29) is 82.4 Å². The zero-order valence-electron chi connectivity index (χ0n) is 45.9. The summed E-state index contributed by atoms with van der Waals surface area (Å²) in [6.45, 7) is 9.33. The van der Waals surface area contributed by atoms with Crippen LogP contribution in [0.3, 0.4) is 0 Å². The lowest BCUT2D eigenvalue weighted by Crippen LogP contribution is -2.60. The zero-order chi connectivity index (χ0) is 57.7. The monoisotopic (exact) mass is 1090 g/mol. The average Bonchev–Trinajstić information content (AvgIpc) is 3.86. The maximum absolute atomic E-state index is 14.6. The van der Waals surface area contributed by atoms with Crippen LogP contribution in [0, 0.1) is 5.92 Å². The molecule has 0 radical (unpaired) electrons. The van der Waals surface area contributed by atoms with Crippen LogP contribution in [0.25, 0.3) is 11.1 Å². The van der Waals surface area contributed by atoms with Crippen molar-refractivity contribution in [3.8, 4) is 11.1 Å². The summed E-state index contributed by atoms with van der Waals surface area (Å²) in [7, 11) is 0. The minimum atomic E-state index is -1.29. The number of hydrogen-bond donors (Lipinski definition) is 10. The van der Waals surface area contributed by atoms with E-state index < -0.39 is 83.8 Å². The summed E-state index contributed by atoms with van der Waals surface area (Å²) >= 11 is 0. The predicted octanol–water partition coefficient (Wildman–Crippen LogP) is 3.17. The molecule has 79 heavy (non-hydrogen) atoms. The van der Waals surface area contributed by atoms with Gasteiger partial charge in [-0.2, -0.15) is 0 Å². The Bertz CT molecular complexity index is 2460. The van der Waals surface area contributed by atoms with Gasteiger partial charge in [-0.15, -0.1) is 0 Å². The van der Waals surface area contributed by atoms with E-state index in [9.17, 15) is 43.2 Å². The first kappa shape index (κ1) is 63.9. The molecule has 0 aromatic heterocycles. The molecule has 0 saturated carbocycles. The van der Waals surface area contributed by atoms with E-state index in [4.69, 9.17) is 26.7 Å². The number of nitrogens with two attached hydrogens (primary N) is 3. The first-order valence-corrected chi connectivity index (χ1v) is 27.3. The highest BCUT2D eigenvalue weighted by Crippen LogP contribution is 2.44. The van der Waals surface area contributed by atoms with Crippen LogP contribution in [0.5, 0.6) is 0 Å². The van der Waals surface area contributed by atoms with Crippen molar-refractivity contribution in [3.63, 3.8) is 0 Å². The highest BCUT2D eigenvalue weighted by molar-refractivity contribution is 5.97. The Hall–Kier alpha value is -7.65. The van der Waals surface area contributed by atoms with Crippen LogP contribution in [-0.4, -0.2) is 123 Å². The summed E-state index contributed by atoms with van der Waals surface area (Å²) < 4.78 is 11.0. The number of primary amides is 1. The van der Waals surface area contributed by atoms with Crippen LogP contribution in [0.2, 0.25) is 0 Å². The number of fused-ring (bicyclic) bond motifs is 3. The predicted molar refractivity (Wildman–Crippen MR) is 299 cm³/mol. The molecule has 0 bridgehead atoms. The summed E-state index contributed by atoms with van der Waals surface area (Å²) in [4.78, 5) is 122. The van der Waals surface area contributed by atoms with Crippen molar-refractivity contribution in [1.29, 1.82) is 0 Å². The molecule has 0 fully saturated rings. The Kier molecular flexibility index (Phi) is 27.7. The molecule has 13 N–H and O–H groups in total. The molecule has 21 heteroatoms. The number of hydrogen-bond acceptors (Lipinski definition) is 13. The number of rotatable bonds is 36. The number of benzene rings is 3. The second-order valence-electron chi connectivity index (χ2n) is 20.1. The SMILES string of the molecule is C=CCOC(=O)[C@H](CCC(N)=O)NC(=O)[C@H](CC(C)C)NC(=O)[C@H](CCCCN)NC(=O)[C@H](CCCCN)NC(=O)[C@H](Cc1ccccc1)NC(=O)[C@H](CCCCNC(C)=O)NC(=O)OCC1c2ccccc2-c2ccccc21. The van der Waals surface area contributed by atoms with Crippen molar-refractivity contribution in [2.45, 2.75) is 146 Å². The minimum Gasteiger partial charge on any atom is -0.460 e. The normalized spacial score (nSPS) is 13.8. The quantitative estimate of drug-likeness (QED) is 0.0228. The van der Waals surface area contributed by atoms with E-state index >= 15 is 0 Å². The smallest absolute Gasteiger partial charge is 0.407 e. The van der Waals surface area contributed by atoms with Gasteiger partial charge in [0.1, 0.15) is 49.5 Å². The van der Waals surface area contributed by atoms with Crippen molar-refractivity contribution in [3.05, 3.63) is 108 Å². The average molecular weight is 1100 g/mol. The van der Waals surface area contributed by atoms with Gasteiger partial charge in [0.25, 0.3) is 0 Å². The highest BCUT2D eigenvalue weighted by atomic mass is 16.5.